The van der Waals surface area contributed by atoms with Gasteiger partial charge in [0, 0.05) is 56.9 Å². The van der Waals surface area contributed by atoms with Crippen molar-refractivity contribution in [1.82, 2.24) is 9.88 Å². The third-order valence-electron chi connectivity index (χ3n) is 7.14. The van der Waals surface area contributed by atoms with Crippen LogP contribution < -0.4 is 4.73 Å². The van der Waals surface area contributed by atoms with Gasteiger partial charge in [0.2, 0.25) is 5.91 Å². The number of amides is 1. The number of aryl methyl sites for hydroxylation is 2. The zero-order chi connectivity index (χ0) is 24.7. The highest BCUT2D eigenvalue weighted by atomic mass is 79.9. The van der Waals surface area contributed by atoms with Gasteiger partial charge in [-0.25, -0.2) is 0 Å². The van der Waals surface area contributed by atoms with E-state index in [0.29, 0.717) is 41.4 Å². The van der Waals surface area contributed by atoms with Gasteiger partial charge in [0.1, 0.15) is 5.60 Å². The Hall–Kier alpha value is -2.00. The Labute approximate surface area is 225 Å². The minimum atomic E-state index is -1.30. The lowest BCUT2D eigenvalue weighted by Gasteiger charge is -2.42. The number of hydrogen-bond donors (Lipinski definition) is 1. The van der Waals surface area contributed by atoms with E-state index in [1.165, 1.54) is 12.4 Å². The minimum Gasteiger partial charge on any atom is -0.619 e. The van der Waals surface area contributed by atoms with Crippen LogP contribution in [0.3, 0.4) is 0 Å². The van der Waals surface area contributed by atoms with Crippen molar-refractivity contribution >= 4 is 49.4 Å². The Kier molecular flexibility index (Phi) is 6.92. The number of benzene rings is 1. The number of hydrogen-bond acceptors (Lipinski definition) is 4. The molecule has 3 heterocycles. The van der Waals surface area contributed by atoms with Crippen LogP contribution in [0.2, 0.25) is 5.02 Å². The number of aliphatic hydroxyl groups is 1. The number of nitrogens with zero attached hydrogens (tertiary/aromatic N) is 3. The molecule has 3 aromatic rings. The standard InChI is InChI=1S/C26H24Br2ClN3O3/c27-20-12-18-2-1-17-13-21(29)14-22(28)24(17)26(34,25(18)30-15-20)19-5-7-31(8-6-19)23(33)11-16-3-9-32(35)10-4-16/h3-4,9-10,12-15,19,34H,1-2,5-8,11H2. The largest absolute Gasteiger partial charge is 0.619 e. The predicted molar refractivity (Wildman–Crippen MR) is 140 cm³/mol. The summed E-state index contributed by atoms with van der Waals surface area (Å²) in [6.45, 7) is 1.10. The molecule has 1 N–H and O–H groups in total. The van der Waals surface area contributed by atoms with E-state index < -0.39 is 5.60 Å². The lowest BCUT2D eigenvalue weighted by atomic mass is 9.72. The maximum Gasteiger partial charge on any atom is 0.226 e. The number of fused-ring (bicyclic) bond motifs is 2. The fourth-order valence-electron chi connectivity index (χ4n) is 5.45. The highest BCUT2D eigenvalue weighted by molar-refractivity contribution is 9.10. The van der Waals surface area contributed by atoms with Crippen LogP contribution in [0.4, 0.5) is 0 Å². The molecule has 2 aromatic heterocycles. The number of aromatic nitrogens is 2. The molecule has 1 amide bonds. The molecular formula is C26H24Br2ClN3O3. The number of pyridine rings is 2. The van der Waals surface area contributed by atoms with Gasteiger partial charge in [-0.2, -0.15) is 4.73 Å². The molecule has 1 aliphatic carbocycles. The van der Waals surface area contributed by atoms with E-state index in [1.807, 2.05) is 23.1 Å². The molecule has 2 aliphatic rings. The molecule has 6 nitrogen and oxygen atoms in total. The summed E-state index contributed by atoms with van der Waals surface area (Å²) in [5, 5.41) is 24.4. The first-order valence-corrected chi connectivity index (χ1v) is 13.5. The van der Waals surface area contributed by atoms with Crippen molar-refractivity contribution in [3.05, 3.63) is 96.0 Å². The molecule has 1 atom stereocenters. The lowest BCUT2D eigenvalue weighted by Crippen LogP contribution is -2.47. The van der Waals surface area contributed by atoms with E-state index in [4.69, 9.17) is 16.6 Å². The van der Waals surface area contributed by atoms with Gasteiger partial charge in [0.15, 0.2) is 12.4 Å². The molecule has 182 valence electrons. The number of carbonyl (C=O) groups excluding carboxylic acids is 1. The van der Waals surface area contributed by atoms with Crippen LogP contribution in [0.15, 0.2) is 57.9 Å². The summed E-state index contributed by atoms with van der Waals surface area (Å²) in [4.78, 5) is 19.5. The predicted octanol–water partition coefficient (Wildman–Crippen LogP) is 4.71. The zero-order valence-corrected chi connectivity index (χ0v) is 22.8. The van der Waals surface area contributed by atoms with E-state index in [2.05, 4.69) is 31.9 Å². The Morgan fingerprint density at radius 2 is 1.86 bits per heavy atom. The molecule has 0 bridgehead atoms. The van der Waals surface area contributed by atoms with Crippen LogP contribution in [0, 0.1) is 11.1 Å². The van der Waals surface area contributed by atoms with Crippen molar-refractivity contribution in [3.63, 3.8) is 0 Å². The Morgan fingerprint density at radius 1 is 1.17 bits per heavy atom. The second-order valence-corrected chi connectivity index (χ2v) is 11.5. The van der Waals surface area contributed by atoms with Gasteiger partial charge >= 0.3 is 0 Å². The molecule has 5 rings (SSSR count). The molecule has 1 fully saturated rings. The van der Waals surface area contributed by atoms with Crippen LogP contribution in [0.5, 0.6) is 0 Å². The molecule has 1 unspecified atom stereocenters. The van der Waals surface area contributed by atoms with Crippen molar-refractivity contribution in [3.8, 4) is 0 Å². The van der Waals surface area contributed by atoms with Gasteiger partial charge in [-0.1, -0.05) is 27.5 Å². The normalized spacial score (nSPS) is 20.2. The highest BCUT2D eigenvalue weighted by Crippen LogP contribution is 2.49. The molecule has 0 radical (unpaired) electrons. The third-order valence-corrected chi connectivity index (χ3v) is 8.42. The Bertz CT molecular complexity index is 1280. The summed E-state index contributed by atoms with van der Waals surface area (Å²) in [6, 6.07) is 9.16. The van der Waals surface area contributed by atoms with Crippen LogP contribution in [0.25, 0.3) is 0 Å². The molecule has 1 saturated heterocycles. The quantitative estimate of drug-likeness (QED) is 0.340. The second kappa shape index (κ2) is 9.81. The third kappa shape index (κ3) is 4.73. The summed E-state index contributed by atoms with van der Waals surface area (Å²) < 4.78 is 2.37. The van der Waals surface area contributed by atoms with Gasteiger partial charge in [-0.15, -0.1) is 0 Å². The summed E-state index contributed by atoms with van der Waals surface area (Å²) in [6.07, 6.45) is 7.58. The summed E-state index contributed by atoms with van der Waals surface area (Å²) >= 11 is 13.6. The van der Waals surface area contributed by atoms with E-state index in [-0.39, 0.29) is 18.2 Å². The molecule has 0 spiro atoms. The Morgan fingerprint density at radius 3 is 2.57 bits per heavy atom. The van der Waals surface area contributed by atoms with Gasteiger partial charge in [0.05, 0.1) is 12.1 Å². The fourth-order valence-corrected chi connectivity index (χ4v) is 7.00. The highest BCUT2D eigenvalue weighted by Gasteiger charge is 2.47. The fraction of sp³-hybridized carbons (Fsp3) is 0.346. The molecular weight excluding hydrogens is 598 g/mol. The van der Waals surface area contributed by atoms with Crippen molar-refractivity contribution in [2.24, 2.45) is 5.92 Å². The van der Waals surface area contributed by atoms with Gasteiger partial charge in [0.25, 0.3) is 0 Å². The summed E-state index contributed by atoms with van der Waals surface area (Å²) in [5.41, 5.74) is 3.04. The van der Waals surface area contributed by atoms with Crippen LogP contribution in [-0.2, 0) is 29.7 Å². The number of likely N-dealkylation sites (tertiary alicyclic amines) is 1. The van der Waals surface area contributed by atoms with E-state index in [1.54, 1.807) is 18.3 Å². The smallest absolute Gasteiger partial charge is 0.226 e. The topological polar surface area (TPSA) is 80.4 Å². The average molecular weight is 622 g/mol. The van der Waals surface area contributed by atoms with Crippen molar-refractivity contribution < 1.29 is 14.6 Å². The maximum absolute atomic E-state index is 12.9. The molecule has 0 saturated carbocycles. The van der Waals surface area contributed by atoms with Gasteiger partial charge < -0.3 is 15.2 Å². The minimum absolute atomic E-state index is 0.0239. The molecule has 35 heavy (non-hydrogen) atoms. The number of carbonyl (C=O) groups is 1. The molecule has 1 aromatic carbocycles. The number of rotatable bonds is 3. The van der Waals surface area contributed by atoms with Crippen molar-refractivity contribution in [2.75, 3.05) is 13.1 Å². The first kappa shape index (κ1) is 24.7. The molecule has 9 heteroatoms. The Balaban J connectivity index is 1.44. The van der Waals surface area contributed by atoms with E-state index in [9.17, 15) is 15.1 Å². The maximum atomic E-state index is 12.9. The van der Waals surface area contributed by atoms with E-state index in [0.717, 1.165) is 44.0 Å². The van der Waals surface area contributed by atoms with E-state index >= 15 is 0 Å². The number of halogens is 3. The lowest BCUT2D eigenvalue weighted by molar-refractivity contribution is -0.605. The van der Waals surface area contributed by atoms with Crippen molar-refractivity contribution in [2.45, 2.75) is 37.7 Å². The zero-order valence-electron chi connectivity index (χ0n) is 18.9. The average Bonchev–Trinajstić information content (AvgIpc) is 2.95. The first-order chi connectivity index (χ1) is 16.8. The first-order valence-electron chi connectivity index (χ1n) is 11.6. The van der Waals surface area contributed by atoms with Crippen molar-refractivity contribution in [1.29, 1.82) is 0 Å². The summed E-state index contributed by atoms with van der Waals surface area (Å²) in [5.74, 6) is -0.0970. The second-order valence-electron chi connectivity index (χ2n) is 9.25. The number of piperidine rings is 1. The van der Waals surface area contributed by atoms with Gasteiger partial charge in [-0.3, -0.25) is 9.78 Å². The van der Waals surface area contributed by atoms with Crippen LogP contribution in [-0.4, -0.2) is 34.0 Å². The SMILES string of the molecule is O=C(Cc1cc[n+]([O-])cc1)N1CCC(C2(O)c3ncc(Br)cc3CCc3cc(Cl)cc(Br)c32)CC1. The summed E-state index contributed by atoms with van der Waals surface area (Å²) in [7, 11) is 0. The van der Waals surface area contributed by atoms with Crippen LogP contribution >= 0.6 is 43.5 Å². The van der Waals surface area contributed by atoms with Gasteiger partial charge in [-0.05, 0) is 76.5 Å². The molecule has 1 aliphatic heterocycles. The van der Waals surface area contributed by atoms with Crippen LogP contribution in [0.1, 0.15) is 40.8 Å². The monoisotopic (exact) mass is 619 g/mol.